The van der Waals surface area contributed by atoms with Crippen molar-refractivity contribution in [3.63, 3.8) is 0 Å². The minimum absolute atomic E-state index is 0.714. The number of benzene rings is 1. The van der Waals surface area contributed by atoms with Crippen LogP contribution in [0.1, 0.15) is 0 Å². The van der Waals surface area contributed by atoms with E-state index in [9.17, 15) is 0 Å². The lowest BCUT2D eigenvalue weighted by molar-refractivity contribution is 0.417. The fourth-order valence-electron chi connectivity index (χ4n) is 1.37. The van der Waals surface area contributed by atoms with Crippen LogP contribution in [-0.4, -0.2) is 7.11 Å². The second kappa shape index (κ2) is 4.24. The molecule has 0 aliphatic rings. The summed E-state index contributed by atoms with van der Waals surface area (Å²) in [6.07, 6.45) is 0. The Labute approximate surface area is 101 Å². The summed E-state index contributed by atoms with van der Waals surface area (Å²) < 4.78 is 6.41. The summed E-state index contributed by atoms with van der Waals surface area (Å²) in [5.74, 6) is 0.810. The van der Waals surface area contributed by atoms with Gasteiger partial charge in [-0.15, -0.1) is 11.3 Å². The maximum Gasteiger partial charge on any atom is 0.129 e. The molecule has 1 aromatic carbocycles. The zero-order valence-corrected chi connectivity index (χ0v) is 10.6. The van der Waals surface area contributed by atoms with Gasteiger partial charge in [-0.05, 0) is 40.2 Å². The van der Waals surface area contributed by atoms with E-state index in [1.165, 1.54) is 4.88 Å². The molecule has 0 unspecified atom stereocenters. The largest absolute Gasteiger partial charge is 0.496 e. The molecule has 0 atom stereocenters. The molecular formula is C11H10BrNOS. The lowest BCUT2D eigenvalue weighted by Gasteiger charge is -2.07. The third-order valence-electron chi connectivity index (χ3n) is 2.06. The van der Waals surface area contributed by atoms with Gasteiger partial charge in [0.15, 0.2) is 0 Å². The van der Waals surface area contributed by atoms with E-state index in [2.05, 4.69) is 22.0 Å². The van der Waals surface area contributed by atoms with Crippen LogP contribution in [0.3, 0.4) is 0 Å². The van der Waals surface area contributed by atoms with Crippen molar-refractivity contribution in [2.45, 2.75) is 0 Å². The Bertz CT molecular complexity index is 481. The molecule has 2 nitrogen and oxygen atoms in total. The molecule has 2 aromatic rings. The summed E-state index contributed by atoms with van der Waals surface area (Å²) in [6, 6.07) is 9.78. The quantitative estimate of drug-likeness (QED) is 0.852. The number of nitrogen functional groups attached to an aromatic ring is 1. The molecule has 4 heteroatoms. The Morgan fingerprint density at radius 3 is 2.67 bits per heavy atom. The number of hydrogen-bond acceptors (Lipinski definition) is 3. The zero-order valence-electron chi connectivity index (χ0n) is 8.16. The molecule has 0 aliphatic carbocycles. The van der Waals surface area contributed by atoms with E-state index in [0.717, 1.165) is 15.1 Å². The highest BCUT2D eigenvalue weighted by Crippen LogP contribution is 2.37. The van der Waals surface area contributed by atoms with Gasteiger partial charge in [-0.1, -0.05) is 0 Å². The van der Waals surface area contributed by atoms with Crippen LogP contribution in [0.25, 0.3) is 10.4 Å². The molecule has 0 amide bonds. The molecule has 2 N–H and O–H groups in total. The predicted octanol–water partition coefficient (Wildman–Crippen LogP) is 3.77. The van der Waals surface area contributed by atoms with Gasteiger partial charge in [-0.25, -0.2) is 0 Å². The molecule has 78 valence electrons. The minimum atomic E-state index is 0.714. The van der Waals surface area contributed by atoms with Gasteiger partial charge in [-0.3, -0.25) is 0 Å². The number of halogens is 1. The third kappa shape index (κ3) is 2.16. The van der Waals surface area contributed by atoms with E-state index < -0.39 is 0 Å². The molecule has 15 heavy (non-hydrogen) atoms. The molecule has 0 aliphatic heterocycles. The van der Waals surface area contributed by atoms with Crippen molar-refractivity contribution in [1.82, 2.24) is 0 Å². The standard InChI is InChI=1S/C11H10BrNOS/c1-14-9-6-7(13)2-3-8(9)10-4-5-11(12)15-10/h2-6H,13H2,1H3. The maximum absolute atomic E-state index is 5.70. The average Bonchev–Trinajstić information content (AvgIpc) is 2.64. The Hall–Kier alpha value is -1.000. The minimum Gasteiger partial charge on any atom is -0.496 e. The van der Waals surface area contributed by atoms with Gasteiger partial charge in [0, 0.05) is 22.2 Å². The summed E-state index contributed by atoms with van der Waals surface area (Å²) >= 11 is 5.12. The monoisotopic (exact) mass is 283 g/mol. The lowest BCUT2D eigenvalue weighted by Crippen LogP contribution is -1.90. The molecule has 0 bridgehead atoms. The van der Waals surface area contributed by atoms with Crippen molar-refractivity contribution >= 4 is 33.0 Å². The second-order valence-corrected chi connectivity index (χ2v) is 5.53. The van der Waals surface area contributed by atoms with Gasteiger partial charge in [0.05, 0.1) is 10.9 Å². The van der Waals surface area contributed by atoms with Gasteiger partial charge in [0.1, 0.15) is 5.75 Å². The van der Waals surface area contributed by atoms with Gasteiger partial charge in [0.2, 0.25) is 0 Å². The highest BCUT2D eigenvalue weighted by atomic mass is 79.9. The van der Waals surface area contributed by atoms with Crippen molar-refractivity contribution in [2.24, 2.45) is 0 Å². The number of thiophene rings is 1. The van der Waals surface area contributed by atoms with Crippen LogP contribution in [0.15, 0.2) is 34.1 Å². The number of rotatable bonds is 2. The molecule has 0 saturated carbocycles. The fourth-order valence-corrected chi connectivity index (χ4v) is 2.79. The van der Waals surface area contributed by atoms with E-state index in [1.54, 1.807) is 18.4 Å². The van der Waals surface area contributed by atoms with Gasteiger partial charge < -0.3 is 10.5 Å². The van der Waals surface area contributed by atoms with Crippen LogP contribution in [0.4, 0.5) is 5.69 Å². The molecule has 0 saturated heterocycles. The van der Waals surface area contributed by atoms with E-state index in [-0.39, 0.29) is 0 Å². The van der Waals surface area contributed by atoms with Gasteiger partial charge in [-0.2, -0.15) is 0 Å². The first kappa shape index (κ1) is 10.5. The topological polar surface area (TPSA) is 35.2 Å². The Balaban J connectivity index is 2.52. The summed E-state index contributed by atoms with van der Waals surface area (Å²) in [6.45, 7) is 0. The van der Waals surface area contributed by atoms with E-state index in [0.29, 0.717) is 5.69 Å². The van der Waals surface area contributed by atoms with Crippen molar-refractivity contribution in [1.29, 1.82) is 0 Å². The van der Waals surface area contributed by atoms with Crippen LogP contribution in [-0.2, 0) is 0 Å². The molecule has 1 heterocycles. The highest BCUT2D eigenvalue weighted by molar-refractivity contribution is 9.11. The Morgan fingerprint density at radius 2 is 2.07 bits per heavy atom. The van der Waals surface area contributed by atoms with Crippen LogP contribution >= 0.6 is 27.3 Å². The number of hydrogen-bond donors (Lipinski definition) is 1. The lowest BCUT2D eigenvalue weighted by atomic mass is 10.1. The number of ether oxygens (including phenoxy) is 1. The normalized spacial score (nSPS) is 10.3. The summed E-state index contributed by atoms with van der Waals surface area (Å²) in [5.41, 5.74) is 7.49. The predicted molar refractivity (Wildman–Crippen MR) is 68.4 cm³/mol. The molecule has 0 radical (unpaired) electrons. The number of anilines is 1. The molecule has 0 fully saturated rings. The van der Waals surface area contributed by atoms with Crippen molar-refractivity contribution < 1.29 is 4.74 Å². The van der Waals surface area contributed by atoms with Crippen molar-refractivity contribution in [2.75, 3.05) is 12.8 Å². The van der Waals surface area contributed by atoms with Gasteiger partial charge in [0.25, 0.3) is 0 Å². The number of nitrogens with two attached hydrogens (primary N) is 1. The Morgan fingerprint density at radius 1 is 1.27 bits per heavy atom. The summed E-state index contributed by atoms with van der Waals surface area (Å²) in [7, 11) is 1.65. The molecule has 0 spiro atoms. The van der Waals surface area contributed by atoms with Gasteiger partial charge >= 0.3 is 0 Å². The molecule has 1 aromatic heterocycles. The summed E-state index contributed by atoms with van der Waals surface area (Å²) in [4.78, 5) is 1.17. The molecular weight excluding hydrogens is 274 g/mol. The van der Waals surface area contributed by atoms with Crippen LogP contribution in [0, 0.1) is 0 Å². The number of methoxy groups -OCH3 is 1. The fraction of sp³-hybridized carbons (Fsp3) is 0.0909. The highest BCUT2D eigenvalue weighted by Gasteiger charge is 2.07. The smallest absolute Gasteiger partial charge is 0.129 e. The first-order valence-electron chi connectivity index (χ1n) is 4.40. The third-order valence-corrected chi connectivity index (χ3v) is 3.72. The van der Waals surface area contributed by atoms with E-state index >= 15 is 0 Å². The van der Waals surface area contributed by atoms with Crippen molar-refractivity contribution in [3.05, 3.63) is 34.1 Å². The second-order valence-electron chi connectivity index (χ2n) is 3.06. The van der Waals surface area contributed by atoms with Crippen LogP contribution in [0.5, 0.6) is 5.75 Å². The Kier molecular flexibility index (Phi) is 2.98. The maximum atomic E-state index is 5.70. The van der Waals surface area contributed by atoms with Crippen LogP contribution in [0.2, 0.25) is 0 Å². The van der Waals surface area contributed by atoms with Crippen LogP contribution < -0.4 is 10.5 Å². The summed E-state index contributed by atoms with van der Waals surface area (Å²) in [5, 5.41) is 0. The zero-order chi connectivity index (χ0) is 10.8. The first-order valence-corrected chi connectivity index (χ1v) is 6.01. The van der Waals surface area contributed by atoms with E-state index in [1.807, 2.05) is 24.3 Å². The average molecular weight is 284 g/mol. The SMILES string of the molecule is COc1cc(N)ccc1-c1ccc(Br)s1. The van der Waals surface area contributed by atoms with Crippen molar-refractivity contribution in [3.8, 4) is 16.2 Å². The van der Waals surface area contributed by atoms with E-state index in [4.69, 9.17) is 10.5 Å². The first-order chi connectivity index (χ1) is 7.20. The molecule has 2 rings (SSSR count).